The molecule has 1 saturated carbocycles. The van der Waals surface area contributed by atoms with E-state index in [9.17, 15) is 0 Å². The van der Waals surface area contributed by atoms with Crippen LogP contribution in [0.2, 0.25) is 0 Å². The summed E-state index contributed by atoms with van der Waals surface area (Å²) in [6.45, 7) is 4.20. The molecule has 1 unspecified atom stereocenters. The summed E-state index contributed by atoms with van der Waals surface area (Å²) < 4.78 is 1.78. The van der Waals surface area contributed by atoms with Gasteiger partial charge in [0.05, 0.1) is 11.8 Å². The number of hydrogen-bond acceptors (Lipinski definition) is 5. The monoisotopic (exact) mass is 366 g/mol. The lowest BCUT2D eigenvalue weighted by atomic mass is 9.69. The molecule has 0 aromatic carbocycles. The van der Waals surface area contributed by atoms with E-state index in [1.807, 2.05) is 25.5 Å². The van der Waals surface area contributed by atoms with Crippen molar-refractivity contribution in [1.29, 1.82) is 0 Å². The van der Waals surface area contributed by atoms with Crippen LogP contribution in [0.1, 0.15) is 26.7 Å². The van der Waals surface area contributed by atoms with E-state index in [1.54, 1.807) is 16.0 Å². The maximum absolute atomic E-state index is 8.98. The Morgan fingerprint density at radius 1 is 1.23 bits per heavy atom. The van der Waals surface area contributed by atoms with E-state index in [1.165, 1.54) is 11.8 Å². The number of rotatable bonds is 1. The van der Waals surface area contributed by atoms with Crippen LogP contribution in [0, 0.1) is 5.41 Å². The molecular formula is C20H22N4OS. The van der Waals surface area contributed by atoms with Gasteiger partial charge < -0.3 is 5.11 Å². The molecule has 4 aromatic rings. The lowest BCUT2D eigenvalue weighted by molar-refractivity contribution is -0.0383. The van der Waals surface area contributed by atoms with Gasteiger partial charge in [-0.1, -0.05) is 13.8 Å². The summed E-state index contributed by atoms with van der Waals surface area (Å²) in [7, 11) is 1.90. The second-order valence-electron chi connectivity index (χ2n) is 7.49. The molecule has 6 heteroatoms. The maximum Gasteiger partial charge on any atom is 0.181 e. The molecule has 5 rings (SSSR count). The number of fused-ring (bicyclic) bond motifs is 2. The summed E-state index contributed by atoms with van der Waals surface area (Å²) in [6, 6.07) is 8.30. The molecule has 0 bridgehead atoms. The zero-order chi connectivity index (χ0) is 18.3. The second kappa shape index (κ2) is 6.45. The van der Waals surface area contributed by atoms with Gasteiger partial charge in [-0.3, -0.25) is 4.68 Å². The van der Waals surface area contributed by atoms with E-state index in [-0.39, 0.29) is 11.5 Å². The van der Waals surface area contributed by atoms with E-state index in [0.717, 1.165) is 33.5 Å². The van der Waals surface area contributed by atoms with Gasteiger partial charge in [0.1, 0.15) is 4.83 Å². The van der Waals surface area contributed by atoms with Crippen molar-refractivity contribution in [2.75, 3.05) is 0 Å². The van der Waals surface area contributed by atoms with E-state index >= 15 is 0 Å². The zero-order valence-electron chi connectivity index (χ0n) is 15.2. The summed E-state index contributed by atoms with van der Waals surface area (Å²) in [5.74, 6) is 0. The molecule has 0 aliphatic heterocycles. The van der Waals surface area contributed by atoms with Crippen LogP contribution in [0.3, 0.4) is 0 Å². The molecular weight excluding hydrogens is 344 g/mol. The Kier molecular flexibility index (Phi) is 4.25. The highest BCUT2D eigenvalue weighted by Gasteiger charge is 2.36. The van der Waals surface area contributed by atoms with Gasteiger partial charge in [0.25, 0.3) is 0 Å². The van der Waals surface area contributed by atoms with Gasteiger partial charge in [0.15, 0.2) is 5.65 Å². The van der Waals surface area contributed by atoms with Crippen molar-refractivity contribution >= 4 is 32.6 Å². The Bertz CT molecular complexity index is 1070. The first-order valence-electron chi connectivity index (χ1n) is 8.74. The third-order valence-electron chi connectivity index (χ3n) is 5.05. The van der Waals surface area contributed by atoms with Crippen molar-refractivity contribution in [3.05, 3.63) is 42.0 Å². The fourth-order valence-electron chi connectivity index (χ4n) is 3.03. The Morgan fingerprint density at radius 2 is 2.04 bits per heavy atom. The quantitative estimate of drug-likeness (QED) is 0.542. The number of thiophene rings is 1. The summed E-state index contributed by atoms with van der Waals surface area (Å²) in [4.78, 5) is 10.1. The minimum absolute atomic E-state index is 0.0208. The Morgan fingerprint density at radius 3 is 2.73 bits per heavy atom. The number of aliphatic hydroxyl groups is 1. The van der Waals surface area contributed by atoms with Gasteiger partial charge in [-0.2, -0.15) is 5.10 Å². The molecule has 1 atom stereocenters. The van der Waals surface area contributed by atoms with E-state index in [2.05, 4.69) is 52.5 Å². The lowest BCUT2D eigenvalue weighted by Gasteiger charge is -2.40. The average Bonchev–Trinajstić information content (AvgIpc) is 3.24. The summed E-state index contributed by atoms with van der Waals surface area (Å²) in [6.07, 6.45) is 5.97. The lowest BCUT2D eigenvalue weighted by Crippen LogP contribution is -2.39. The fraction of sp³-hybridized carbons (Fsp3) is 0.350. The predicted octanol–water partition coefficient (Wildman–Crippen LogP) is 4.41. The number of aliphatic hydroxyl groups excluding tert-OH is 1. The smallest absolute Gasteiger partial charge is 0.181 e. The third-order valence-corrected chi connectivity index (χ3v) is 5.87. The molecule has 1 fully saturated rings. The first-order chi connectivity index (χ1) is 12.4. The van der Waals surface area contributed by atoms with E-state index in [0.29, 0.717) is 0 Å². The number of nitrogens with zero attached hydrogens (tertiary/aromatic N) is 4. The third kappa shape index (κ3) is 3.22. The molecule has 1 aliphatic carbocycles. The van der Waals surface area contributed by atoms with Crippen molar-refractivity contribution < 1.29 is 5.11 Å². The molecule has 26 heavy (non-hydrogen) atoms. The molecule has 1 aliphatic rings. The molecule has 1 N–H and O–H groups in total. The van der Waals surface area contributed by atoms with Gasteiger partial charge in [0.2, 0.25) is 0 Å². The van der Waals surface area contributed by atoms with Crippen molar-refractivity contribution in [3.8, 4) is 11.3 Å². The Balaban J connectivity index is 0.000000204. The van der Waals surface area contributed by atoms with Crippen molar-refractivity contribution in [3.63, 3.8) is 0 Å². The Labute approximate surface area is 156 Å². The number of hydrogen-bond donors (Lipinski definition) is 1. The van der Waals surface area contributed by atoms with Crippen LogP contribution >= 0.6 is 11.3 Å². The standard InChI is InChI=1S/C14H10N4S.C6H12O/c1-18-8-11-6-10(7-15-13(11)17-18)12-3-2-9-4-5-19-14(9)16-12;1-6(2)4-3-5(6)7/h2-8H,1H3;5,7H,3-4H2,1-2H3. The van der Waals surface area contributed by atoms with Crippen LogP contribution in [0.15, 0.2) is 42.0 Å². The van der Waals surface area contributed by atoms with Crippen molar-refractivity contribution in [1.82, 2.24) is 19.7 Å². The number of aryl methyl sites for hydroxylation is 1. The molecule has 4 aromatic heterocycles. The first kappa shape index (κ1) is 17.1. The highest BCUT2D eigenvalue weighted by Crippen LogP contribution is 2.39. The Hall–Kier alpha value is -2.31. The number of aromatic nitrogens is 4. The van der Waals surface area contributed by atoms with E-state index in [4.69, 9.17) is 5.11 Å². The SMILES string of the molecule is CC1(C)CCC1O.Cn1cc2cc(-c3ccc4ccsc4n3)cnc2n1. The molecule has 0 spiro atoms. The van der Waals surface area contributed by atoms with Crippen LogP contribution in [0.4, 0.5) is 0 Å². The summed E-state index contributed by atoms with van der Waals surface area (Å²) in [5, 5.41) is 17.5. The fourth-order valence-corrected chi connectivity index (χ4v) is 3.80. The van der Waals surface area contributed by atoms with Crippen LogP contribution in [0.25, 0.3) is 32.5 Å². The topological polar surface area (TPSA) is 63.8 Å². The maximum atomic E-state index is 8.98. The van der Waals surface area contributed by atoms with Gasteiger partial charge in [-0.05, 0) is 47.9 Å². The molecule has 134 valence electrons. The largest absolute Gasteiger partial charge is 0.393 e. The van der Waals surface area contributed by atoms with E-state index < -0.39 is 0 Å². The first-order valence-corrected chi connectivity index (χ1v) is 9.62. The summed E-state index contributed by atoms with van der Waals surface area (Å²) in [5.41, 5.74) is 2.98. The molecule has 0 saturated heterocycles. The van der Waals surface area contributed by atoms with Gasteiger partial charge >= 0.3 is 0 Å². The highest BCUT2D eigenvalue weighted by molar-refractivity contribution is 7.16. The van der Waals surface area contributed by atoms with Gasteiger partial charge in [0, 0.05) is 35.8 Å². The molecule has 0 amide bonds. The zero-order valence-corrected chi connectivity index (χ0v) is 16.0. The van der Waals surface area contributed by atoms with Crippen molar-refractivity contribution in [2.24, 2.45) is 12.5 Å². The van der Waals surface area contributed by atoms with Gasteiger partial charge in [-0.25, -0.2) is 9.97 Å². The minimum atomic E-state index is -0.0208. The van der Waals surface area contributed by atoms with Gasteiger partial charge in [-0.15, -0.1) is 11.3 Å². The van der Waals surface area contributed by atoms with Crippen LogP contribution in [-0.4, -0.2) is 31.0 Å². The van der Waals surface area contributed by atoms with Crippen LogP contribution in [-0.2, 0) is 7.05 Å². The normalized spacial score (nSPS) is 18.4. The molecule has 4 heterocycles. The van der Waals surface area contributed by atoms with Crippen LogP contribution < -0.4 is 0 Å². The predicted molar refractivity (Wildman–Crippen MR) is 106 cm³/mol. The molecule has 5 nitrogen and oxygen atoms in total. The summed E-state index contributed by atoms with van der Waals surface area (Å²) >= 11 is 1.66. The van der Waals surface area contributed by atoms with Crippen LogP contribution in [0.5, 0.6) is 0 Å². The second-order valence-corrected chi connectivity index (χ2v) is 8.39. The number of pyridine rings is 2. The highest BCUT2D eigenvalue weighted by atomic mass is 32.1. The minimum Gasteiger partial charge on any atom is -0.393 e. The average molecular weight is 366 g/mol. The van der Waals surface area contributed by atoms with Crippen molar-refractivity contribution in [2.45, 2.75) is 32.8 Å². The molecule has 0 radical (unpaired) electrons.